The van der Waals surface area contributed by atoms with Gasteiger partial charge in [-0.05, 0) is 84.8 Å². The smallest absolute Gasteiger partial charge is 0.0127 e. The Bertz CT molecular complexity index is 239. The Morgan fingerprint density at radius 3 is 2.24 bits per heavy atom. The molecule has 1 unspecified atom stereocenters. The average molecular weight is 238 g/mol. The quantitative estimate of drug-likeness (QED) is 0.796. The van der Waals surface area contributed by atoms with Crippen molar-refractivity contribution in [3.63, 3.8) is 0 Å². The monoisotopic (exact) mass is 238 g/mol. The Morgan fingerprint density at radius 2 is 1.71 bits per heavy atom. The molecule has 0 aromatic heterocycles. The summed E-state index contributed by atoms with van der Waals surface area (Å²) in [6.45, 7) is 13.3. The molecule has 2 aliphatic rings. The van der Waals surface area contributed by atoms with Gasteiger partial charge in [0, 0.05) is 11.6 Å². The van der Waals surface area contributed by atoms with Gasteiger partial charge < -0.3 is 10.2 Å². The molecule has 2 saturated heterocycles. The van der Waals surface area contributed by atoms with Gasteiger partial charge in [-0.15, -0.1) is 0 Å². The first-order valence-corrected chi connectivity index (χ1v) is 7.47. The molecule has 0 radical (unpaired) electrons. The second-order valence-corrected chi connectivity index (χ2v) is 7.03. The van der Waals surface area contributed by atoms with E-state index >= 15 is 0 Å². The van der Waals surface area contributed by atoms with Crippen molar-refractivity contribution >= 4 is 0 Å². The SMILES string of the molecule is CC(C)N1CCC(C2CCNC(C)(C)C2)CC1. The number of nitrogens with one attached hydrogen (secondary N) is 1. The van der Waals surface area contributed by atoms with E-state index in [1.165, 1.54) is 45.3 Å². The highest BCUT2D eigenvalue weighted by Gasteiger charge is 2.34. The van der Waals surface area contributed by atoms with Crippen LogP contribution in [0.3, 0.4) is 0 Å². The highest BCUT2D eigenvalue weighted by atomic mass is 15.1. The molecular formula is C15H30N2. The molecule has 0 bridgehead atoms. The highest BCUT2D eigenvalue weighted by molar-refractivity contribution is 4.90. The summed E-state index contributed by atoms with van der Waals surface area (Å²) in [5.41, 5.74) is 0.373. The van der Waals surface area contributed by atoms with E-state index in [0.717, 1.165) is 17.9 Å². The maximum atomic E-state index is 3.64. The van der Waals surface area contributed by atoms with Crippen LogP contribution in [0.25, 0.3) is 0 Å². The number of piperidine rings is 2. The van der Waals surface area contributed by atoms with Crippen LogP contribution in [0.5, 0.6) is 0 Å². The van der Waals surface area contributed by atoms with E-state index in [4.69, 9.17) is 0 Å². The molecule has 0 aromatic carbocycles. The number of hydrogen-bond acceptors (Lipinski definition) is 2. The van der Waals surface area contributed by atoms with E-state index in [9.17, 15) is 0 Å². The van der Waals surface area contributed by atoms with Crippen LogP contribution in [0.2, 0.25) is 0 Å². The average Bonchev–Trinajstić information content (AvgIpc) is 2.28. The Hall–Kier alpha value is -0.0800. The van der Waals surface area contributed by atoms with Crippen molar-refractivity contribution in [2.75, 3.05) is 19.6 Å². The van der Waals surface area contributed by atoms with E-state index in [1.54, 1.807) is 0 Å². The Kier molecular flexibility index (Phi) is 4.14. The van der Waals surface area contributed by atoms with Crippen LogP contribution in [-0.4, -0.2) is 36.1 Å². The van der Waals surface area contributed by atoms with Gasteiger partial charge in [0.25, 0.3) is 0 Å². The molecule has 0 amide bonds. The van der Waals surface area contributed by atoms with Gasteiger partial charge in [-0.3, -0.25) is 0 Å². The largest absolute Gasteiger partial charge is 0.312 e. The molecule has 1 atom stereocenters. The van der Waals surface area contributed by atoms with Gasteiger partial charge in [-0.25, -0.2) is 0 Å². The summed E-state index contributed by atoms with van der Waals surface area (Å²) in [6, 6.07) is 0.736. The fourth-order valence-corrected chi connectivity index (χ4v) is 3.74. The van der Waals surface area contributed by atoms with Crippen molar-refractivity contribution in [3.8, 4) is 0 Å². The maximum Gasteiger partial charge on any atom is 0.0127 e. The fraction of sp³-hybridized carbons (Fsp3) is 1.00. The molecule has 17 heavy (non-hydrogen) atoms. The summed E-state index contributed by atoms with van der Waals surface area (Å²) in [5, 5.41) is 3.64. The number of hydrogen-bond donors (Lipinski definition) is 1. The summed E-state index contributed by atoms with van der Waals surface area (Å²) in [4.78, 5) is 2.64. The van der Waals surface area contributed by atoms with E-state index in [0.29, 0.717) is 5.54 Å². The van der Waals surface area contributed by atoms with Crippen molar-refractivity contribution in [2.45, 2.75) is 65.0 Å². The zero-order valence-corrected chi connectivity index (χ0v) is 12.1. The van der Waals surface area contributed by atoms with E-state index in [-0.39, 0.29) is 0 Å². The van der Waals surface area contributed by atoms with Gasteiger partial charge in [0.1, 0.15) is 0 Å². The lowest BCUT2D eigenvalue weighted by molar-refractivity contribution is 0.0887. The Morgan fingerprint density at radius 1 is 1.06 bits per heavy atom. The predicted octanol–water partition coefficient (Wildman–Crippen LogP) is 2.89. The van der Waals surface area contributed by atoms with Crippen molar-refractivity contribution in [1.82, 2.24) is 10.2 Å². The number of likely N-dealkylation sites (tertiary alicyclic amines) is 1. The molecular weight excluding hydrogens is 208 g/mol. The van der Waals surface area contributed by atoms with Crippen LogP contribution in [0.15, 0.2) is 0 Å². The van der Waals surface area contributed by atoms with Crippen molar-refractivity contribution in [1.29, 1.82) is 0 Å². The van der Waals surface area contributed by atoms with Crippen LogP contribution < -0.4 is 5.32 Å². The normalized spacial score (nSPS) is 31.9. The third-order valence-corrected chi connectivity index (χ3v) is 4.86. The van der Waals surface area contributed by atoms with Gasteiger partial charge in [-0.2, -0.15) is 0 Å². The van der Waals surface area contributed by atoms with Crippen LogP contribution in [0, 0.1) is 11.8 Å². The van der Waals surface area contributed by atoms with Gasteiger partial charge in [0.2, 0.25) is 0 Å². The van der Waals surface area contributed by atoms with Crippen LogP contribution >= 0.6 is 0 Å². The molecule has 0 saturated carbocycles. The minimum atomic E-state index is 0.373. The molecule has 0 aliphatic carbocycles. The minimum absolute atomic E-state index is 0.373. The molecule has 2 heterocycles. The van der Waals surface area contributed by atoms with E-state index < -0.39 is 0 Å². The van der Waals surface area contributed by atoms with Gasteiger partial charge in [0.05, 0.1) is 0 Å². The molecule has 0 spiro atoms. The molecule has 0 aromatic rings. The molecule has 2 nitrogen and oxygen atoms in total. The fourth-order valence-electron chi connectivity index (χ4n) is 3.74. The van der Waals surface area contributed by atoms with Gasteiger partial charge >= 0.3 is 0 Å². The Labute approximate surface area is 107 Å². The lowest BCUT2D eigenvalue weighted by Gasteiger charge is -2.43. The molecule has 1 N–H and O–H groups in total. The third kappa shape index (κ3) is 3.45. The van der Waals surface area contributed by atoms with Gasteiger partial charge in [0.15, 0.2) is 0 Å². The van der Waals surface area contributed by atoms with Crippen LogP contribution in [0.4, 0.5) is 0 Å². The lowest BCUT2D eigenvalue weighted by atomic mass is 9.74. The summed E-state index contributed by atoms with van der Waals surface area (Å²) >= 11 is 0. The summed E-state index contributed by atoms with van der Waals surface area (Å²) in [5.74, 6) is 1.96. The number of nitrogens with zero attached hydrogens (tertiary/aromatic N) is 1. The Balaban J connectivity index is 1.84. The van der Waals surface area contributed by atoms with Crippen molar-refractivity contribution in [3.05, 3.63) is 0 Å². The third-order valence-electron chi connectivity index (χ3n) is 4.86. The zero-order valence-electron chi connectivity index (χ0n) is 12.1. The molecule has 100 valence electrons. The van der Waals surface area contributed by atoms with Crippen LogP contribution in [0.1, 0.15) is 53.4 Å². The van der Waals surface area contributed by atoms with E-state index in [2.05, 4.69) is 37.9 Å². The standard InChI is InChI=1S/C15H30N2/c1-12(2)17-9-6-13(7-10-17)14-5-8-16-15(3,4)11-14/h12-14,16H,5-11H2,1-4H3. The highest BCUT2D eigenvalue weighted by Crippen LogP contribution is 2.35. The van der Waals surface area contributed by atoms with E-state index in [1.807, 2.05) is 0 Å². The second kappa shape index (κ2) is 5.27. The van der Waals surface area contributed by atoms with Crippen molar-refractivity contribution < 1.29 is 0 Å². The minimum Gasteiger partial charge on any atom is -0.312 e. The first-order valence-electron chi connectivity index (χ1n) is 7.47. The molecule has 2 fully saturated rings. The van der Waals surface area contributed by atoms with Crippen molar-refractivity contribution in [2.24, 2.45) is 11.8 Å². The first kappa shape index (κ1) is 13.4. The maximum absolute atomic E-state index is 3.64. The topological polar surface area (TPSA) is 15.3 Å². The summed E-state index contributed by atoms with van der Waals surface area (Å²) in [6.07, 6.45) is 5.63. The first-order chi connectivity index (χ1) is 7.98. The molecule has 2 rings (SSSR count). The second-order valence-electron chi connectivity index (χ2n) is 7.03. The summed E-state index contributed by atoms with van der Waals surface area (Å²) in [7, 11) is 0. The predicted molar refractivity (Wildman–Crippen MR) is 74.2 cm³/mol. The van der Waals surface area contributed by atoms with Gasteiger partial charge in [-0.1, -0.05) is 0 Å². The summed E-state index contributed by atoms with van der Waals surface area (Å²) < 4.78 is 0. The molecule has 2 aliphatic heterocycles. The van der Waals surface area contributed by atoms with Crippen LogP contribution in [-0.2, 0) is 0 Å². The number of rotatable bonds is 2. The zero-order chi connectivity index (χ0) is 12.5. The molecule has 2 heteroatoms. The lowest BCUT2D eigenvalue weighted by Crippen LogP contribution is -2.49.